The summed E-state index contributed by atoms with van der Waals surface area (Å²) >= 11 is 1.36. The van der Waals surface area contributed by atoms with Crippen LogP contribution in [0.1, 0.15) is 12.7 Å². The summed E-state index contributed by atoms with van der Waals surface area (Å²) in [6.07, 6.45) is 3.22. The van der Waals surface area contributed by atoms with Crippen molar-refractivity contribution >= 4 is 17.7 Å². The molecule has 0 aliphatic carbocycles. The summed E-state index contributed by atoms with van der Waals surface area (Å²) in [6.45, 7) is 3.45. The molecule has 0 unspecified atom stereocenters. The molecule has 8 heteroatoms. The van der Waals surface area contributed by atoms with Gasteiger partial charge in [-0.05, 0) is 19.1 Å². The first-order valence-corrected chi connectivity index (χ1v) is 7.42. The molecule has 0 aromatic carbocycles. The number of furan rings is 1. The summed E-state index contributed by atoms with van der Waals surface area (Å²) in [5.74, 6) is 0.654. The first-order chi connectivity index (χ1) is 10.2. The van der Waals surface area contributed by atoms with Gasteiger partial charge in [0.25, 0.3) is 0 Å². The Morgan fingerprint density at radius 3 is 3.19 bits per heavy atom. The highest BCUT2D eigenvalue weighted by Gasteiger charge is 2.17. The van der Waals surface area contributed by atoms with Gasteiger partial charge in [-0.2, -0.15) is 0 Å². The summed E-state index contributed by atoms with van der Waals surface area (Å²) in [5.41, 5.74) is 0. The first kappa shape index (κ1) is 15.6. The molecule has 0 aliphatic heterocycles. The second kappa shape index (κ2) is 7.84. The maximum atomic E-state index is 12.0. The summed E-state index contributed by atoms with van der Waals surface area (Å²) in [5, 5.41) is 11.1. The third-order valence-electron chi connectivity index (χ3n) is 2.78. The molecule has 0 aliphatic rings. The predicted octanol–water partition coefficient (Wildman–Crippen LogP) is 1.31. The van der Waals surface area contributed by atoms with E-state index in [1.807, 2.05) is 17.6 Å². The first-order valence-electron chi connectivity index (χ1n) is 6.54. The average molecular weight is 310 g/mol. The summed E-state index contributed by atoms with van der Waals surface area (Å²) in [6, 6.07) is 3.61. The highest BCUT2D eigenvalue weighted by atomic mass is 32.2. The molecule has 0 bridgehead atoms. The fourth-order valence-corrected chi connectivity index (χ4v) is 2.50. The van der Waals surface area contributed by atoms with Crippen molar-refractivity contribution in [2.24, 2.45) is 0 Å². The number of rotatable bonds is 8. The Morgan fingerprint density at radius 1 is 1.62 bits per heavy atom. The van der Waals surface area contributed by atoms with Crippen molar-refractivity contribution in [3.63, 3.8) is 0 Å². The van der Waals surface area contributed by atoms with Crippen LogP contribution in [-0.2, 0) is 22.6 Å². The molecule has 0 fully saturated rings. The number of hydrogen-bond acceptors (Lipinski definition) is 6. The molecule has 2 aromatic heterocycles. The van der Waals surface area contributed by atoms with E-state index in [1.54, 1.807) is 25.8 Å². The monoisotopic (exact) mass is 310 g/mol. The topological polar surface area (TPSA) is 82.2 Å². The lowest BCUT2D eigenvalue weighted by atomic mass is 10.4. The number of ether oxygens (including phenoxy) is 1. The van der Waals surface area contributed by atoms with Crippen molar-refractivity contribution in [2.45, 2.75) is 30.4 Å². The Hall–Kier alpha value is -1.80. The van der Waals surface area contributed by atoms with Crippen LogP contribution in [0.25, 0.3) is 0 Å². The number of thioether (sulfide) groups is 1. The molecule has 1 amide bonds. The second-order valence-corrected chi connectivity index (χ2v) is 5.66. The van der Waals surface area contributed by atoms with Gasteiger partial charge in [0.05, 0.1) is 24.7 Å². The minimum absolute atomic E-state index is 0.0716. The van der Waals surface area contributed by atoms with Crippen LogP contribution in [0.4, 0.5) is 0 Å². The van der Waals surface area contributed by atoms with E-state index in [4.69, 9.17) is 9.15 Å². The van der Waals surface area contributed by atoms with E-state index in [0.717, 1.165) is 5.76 Å². The van der Waals surface area contributed by atoms with Crippen molar-refractivity contribution in [3.05, 3.63) is 30.5 Å². The van der Waals surface area contributed by atoms with Gasteiger partial charge in [0.15, 0.2) is 5.16 Å². The summed E-state index contributed by atoms with van der Waals surface area (Å²) in [7, 11) is 1.64. The summed E-state index contributed by atoms with van der Waals surface area (Å²) in [4.78, 5) is 12.0. The maximum absolute atomic E-state index is 12.0. The molecule has 0 saturated carbocycles. The van der Waals surface area contributed by atoms with E-state index in [0.29, 0.717) is 24.9 Å². The van der Waals surface area contributed by atoms with Crippen LogP contribution in [-0.4, -0.2) is 39.6 Å². The molecule has 2 rings (SSSR count). The highest BCUT2D eigenvalue weighted by Crippen LogP contribution is 2.20. The molecule has 2 heterocycles. The zero-order valence-corrected chi connectivity index (χ0v) is 12.8. The molecule has 21 heavy (non-hydrogen) atoms. The minimum atomic E-state index is -0.273. The van der Waals surface area contributed by atoms with Crippen LogP contribution in [0.2, 0.25) is 0 Å². The normalized spacial score (nSPS) is 12.3. The number of nitrogens with zero attached hydrogens (tertiary/aromatic N) is 3. The van der Waals surface area contributed by atoms with E-state index < -0.39 is 0 Å². The van der Waals surface area contributed by atoms with Gasteiger partial charge < -0.3 is 19.0 Å². The van der Waals surface area contributed by atoms with Gasteiger partial charge in [0, 0.05) is 13.7 Å². The smallest absolute Gasteiger partial charge is 0.233 e. The van der Waals surface area contributed by atoms with Crippen molar-refractivity contribution in [1.82, 2.24) is 20.1 Å². The van der Waals surface area contributed by atoms with Crippen LogP contribution >= 0.6 is 11.8 Å². The van der Waals surface area contributed by atoms with Gasteiger partial charge in [0.1, 0.15) is 12.1 Å². The Labute approximate surface area is 127 Å². The van der Waals surface area contributed by atoms with Gasteiger partial charge in [-0.15, -0.1) is 10.2 Å². The van der Waals surface area contributed by atoms with Crippen LogP contribution in [0, 0.1) is 0 Å². The van der Waals surface area contributed by atoms with Gasteiger partial charge >= 0.3 is 0 Å². The molecular formula is C13H18N4O3S. The van der Waals surface area contributed by atoms with Crippen LogP contribution < -0.4 is 5.32 Å². The average Bonchev–Trinajstić information content (AvgIpc) is 3.14. The van der Waals surface area contributed by atoms with Gasteiger partial charge in [-0.3, -0.25) is 4.79 Å². The lowest BCUT2D eigenvalue weighted by Gasteiger charge is -2.11. The van der Waals surface area contributed by atoms with Crippen LogP contribution in [0.5, 0.6) is 0 Å². The van der Waals surface area contributed by atoms with E-state index in [2.05, 4.69) is 15.5 Å². The molecule has 2 aromatic rings. The number of nitrogens with one attached hydrogen (secondary N) is 1. The van der Waals surface area contributed by atoms with Crippen molar-refractivity contribution in [1.29, 1.82) is 0 Å². The third kappa shape index (κ3) is 4.61. The zero-order valence-electron chi connectivity index (χ0n) is 12.0. The van der Waals surface area contributed by atoms with Crippen LogP contribution in [0.15, 0.2) is 34.3 Å². The Kier molecular flexibility index (Phi) is 5.82. The van der Waals surface area contributed by atoms with Crippen LogP contribution in [0.3, 0.4) is 0 Å². The largest absolute Gasteiger partial charge is 0.467 e. The highest BCUT2D eigenvalue weighted by molar-refractivity contribution is 8.00. The number of carbonyl (C=O) groups is 1. The van der Waals surface area contributed by atoms with Crippen molar-refractivity contribution in [2.75, 3.05) is 13.7 Å². The molecule has 1 N–H and O–H groups in total. The van der Waals surface area contributed by atoms with E-state index in [-0.39, 0.29) is 11.2 Å². The van der Waals surface area contributed by atoms with Crippen molar-refractivity contribution < 1.29 is 13.9 Å². The van der Waals surface area contributed by atoms with E-state index in [9.17, 15) is 4.79 Å². The molecule has 0 radical (unpaired) electrons. The predicted molar refractivity (Wildman–Crippen MR) is 77.8 cm³/mol. The van der Waals surface area contributed by atoms with E-state index in [1.165, 1.54) is 11.8 Å². The number of aromatic nitrogens is 3. The molecular weight excluding hydrogens is 292 g/mol. The number of methoxy groups -OCH3 is 1. The standard InChI is InChI=1S/C13H18N4O3S/c1-10(12(18)14-8-11-4-3-6-20-11)21-13-16-15-9-17(13)5-7-19-2/h3-4,6,9-10H,5,7-8H2,1-2H3,(H,14,18)/t10-/m1/s1. The Balaban J connectivity index is 1.84. The van der Waals surface area contributed by atoms with Gasteiger partial charge in [-0.1, -0.05) is 11.8 Å². The number of hydrogen-bond donors (Lipinski definition) is 1. The Bertz CT molecular complexity index is 556. The third-order valence-corrected chi connectivity index (χ3v) is 3.88. The number of amides is 1. The lowest BCUT2D eigenvalue weighted by Crippen LogP contribution is -2.30. The summed E-state index contributed by atoms with van der Waals surface area (Å²) < 4.78 is 12.1. The maximum Gasteiger partial charge on any atom is 0.233 e. The number of carbonyl (C=O) groups excluding carboxylic acids is 1. The minimum Gasteiger partial charge on any atom is -0.467 e. The molecule has 0 spiro atoms. The molecule has 114 valence electrons. The van der Waals surface area contributed by atoms with Crippen molar-refractivity contribution in [3.8, 4) is 0 Å². The van der Waals surface area contributed by atoms with Gasteiger partial charge in [0.2, 0.25) is 5.91 Å². The molecule has 0 saturated heterocycles. The molecule has 1 atom stereocenters. The SMILES string of the molecule is COCCn1cnnc1S[C@H](C)C(=O)NCc1ccco1. The second-order valence-electron chi connectivity index (χ2n) is 4.36. The fraction of sp³-hybridized carbons (Fsp3) is 0.462. The Morgan fingerprint density at radius 2 is 2.48 bits per heavy atom. The van der Waals surface area contributed by atoms with Gasteiger partial charge in [-0.25, -0.2) is 0 Å². The fourth-order valence-electron chi connectivity index (χ4n) is 1.62. The lowest BCUT2D eigenvalue weighted by molar-refractivity contribution is -0.120. The molecule has 7 nitrogen and oxygen atoms in total. The zero-order chi connectivity index (χ0) is 15.1. The quantitative estimate of drug-likeness (QED) is 0.740. The van der Waals surface area contributed by atoms with E-state index >= 15 is 0 Å².